The van der Waals surface area contributed by atoms with Gasteiger partial charge in [0, 0.05) is 6.42 Å². The summed E-state index contributed by atoms with van der Waals surface area (Å²) in [6.45, 7) is 6.47. The minimum atomic E-state index is -0.791. The third-order valence-corrected chi connectivity index (χ3v) is 11.8. The summed E-state index contributed by atoms with van der Waals surface area (Å²) in [7, 11) is 0. The zero-order valence-corrected chi connectivity index (χ0v) is 38.9. The van der Waals surface area contributed by atoms with Crippen molar-refractivity contribution in [1.29, 1.82) is 0 Å². The van der Waals surface area contributed by atoms with Crippen molar-refractivity contribution in [3.63, 3.8) is 0 Å². The van der Waals surface area contributed by atoms with Gasteiger partial charge in [-0.15, -0.1) is 0 Å². The Balaban J connectivity index is 4.55. The molecule has 342 valence electrons. The third kappa shape index (κ3) is 41.1. The summed E-state index contributed by atoms with van der Waals surface area (Å²) in [4.78, 5) is 26.1. The average Bonchev–Trinajstić information content (AvgIpc) is 3.22. The Morgan fingerprint density at radius 3 is 1.26 bits per heavy atom. The lowest BCUT2D eigenvalue weighted by molar-refractivity contribution is -0.151. The Morgan fingerprint density at radius 1 is 0.483 bits per heavy atom. The van der Waals surface area contributed by atoms with Gasteiger partial charge in [0.25, 0.3) is 0 Å². The number of unbranched alkanes of at least 4 members (excludes halogenated alkanes) is 30. The summed E-state index contributed by atoms with van der Waals surface area (Å²) in [6, 6.07) is -0.706. The van der Waals surface area contributed by atoms with E-state index >= 15 is 0 Å². The predicted molar refractivity (Wildman–Crippen MR) is 250 cm³/mol. The maximum atomic E-state index is 13.2. The lowest BCUT2D eigenvalue weighted by Gasteiger charge is -2.24. The van der Waals surface area contributed by atoms with E-state index in [1.807, 2.05) is 0 Å². The smallest absolute Gasteiger partial charge is 0.306 e. The van der Waals surface area contributed by atoms with E-state index < -0.39 is 18.2 Å². The highest BCUT2D eigenvalue weighted by Crippen LogP contribution is 2.17. The molecule has 0 aromatic heterocycles. The fourth-order valence-electron chi connectivity index (χ4n) is 7.84. The summed E-state index contributed by atoms with van der Waals surface area (Å²) in [6.07, 6.45) is 52.4. The van der Waals surface area contributed by atoms with Crippen molar-refractivity contribution in [1.82, 2.24) is 5.32 Å². The van der Waals surface area contributed by atoms with Gasteiger partial charge in [0.1, 0.15) is 6.10 Å². The number of allylic oxidation sites excluding steroid dienone is 4. The van der Waals surface area contributed by atoms with Gasteiger partial charge in [-0.25, -0.2) is 0 Å². The molecule has 6 nitrogen and oxygen atoms in total. The second kappa shape index (κ2) is 46.4. The molecule has 0 heterocycles. The molecule has 0 bridgehead atoms. The molecular weight excluding hydrogens is 719 g/mol. The van der Waals surface area contributed by atoms with Gasteiger partial charge in [-0.3, -0.25) is 9.59 Å². The monoisotopic (exact) mass is 818 g/mol. The molecule has 0 aromatic rings. The standard InChI is InChI=1S/C52H99NO5/c1-4-7-10-13-16-19-22-24-25-26-27-30-33-36-39-42-45-52(57)58-48(43-40-37-34-31-28-21-18-15-12-9-6-3)46-51(56)53-49(47-54)50(55)44-41-38-35-32-29-23-20-17-14-11-8-5-2/h25-26,31,34,48-50,54-55H,4-24,27-30,32-33,35-47H2,1-3H3,(H,53,56)/b26-25+,34-31-. The second-order valence-electron chi connectivity index (χ2n) is 17.6. The number of aliphatic hydroxyl groups is 2. The molecule has 1 amide bonds. The van der Waals surface area contributed by atoms with E-state index in [4.69, 9.17) is 4.74 Å². The van der Waals surface area contributed by atoms with Crippen LogP contribution in [0.5, 0.6) is 0 Å². The van der Waals surface area contributed by atoms with E-state index in [1.54, 1.807) is 0 Å². The van der Waals surface area contributed by atoms with Crippen molar-refractivity contribution in [3.8, 4) is 0 Å². The summed E-state index contributed by atoms with van der Waals surface area (Å²) in [5, 5.41) is 23.7. The zero-order chi connectivity index (χ0) is 42.4. The van der Waals surface area contributed by atoms with Crippen LogP contribution in [0.2, 0.25) is 0 Å². The van der Waals surface area contributed by atoms with Crippen molar-refractivity contribution < 1.29 is 24.5 Å². The molecule has 6 heteroatoms. The molecule has 0 saturated carbocycles. The first-order valence-electron chi connectivity index (χ1n) is 25.6. The number of aliphatic hydroxyl groups excluding tert-OH is 2. The minimum Gasteiger partial charge on any atom is -0.462 e. The van der Waals surface area contributed by atoms with Crippen LogP contribution >= 0.6 is 0 Å². The van der Waals surface area contributed by atoms with Crippen LogP contribution in [0.25, 0.3) is 0 Å². The van der Waals surface area contributed by atoms with E-state index in [-0.39, 0.29) is 24.9 Å². The summed E-state index contributed by atoms with van der Waals surface area (Å²) in [5.74, 6) is -0.504. The number of hydrogen-bond acceptors (Lipinski definition) is 5. The highest BCUT2D eigenvalue weighted by molar-refractivity contribution is 5.77. The zero-order valence-electron chi connectivity index (χ0n) is 38.9. The molecule has 3 unspecified atom stereocenters. The first-order valence-corrected chi connectivity index (χ1v) is 25.6. The van der Waals surface area contributed by atoms with E-state index in [0.29, 0.717) is 19.3 Å². The highest BCUT2D eigenvalue weighted by atomic mass is 16.5. The Bertz CT molecular complexity index is 919. The maximum Gasteiger partial charge on any atom is 0.306 e. The summed E-state index contributed by atoms with van der Waals surface area (Å²) < 4.78 is 5.90. The normalized spacial score (nSPS) is 13.4. The molecule has 0 saturated heterocycles. The Kier molecular flexibility index (Phi) is 45.1. The number of carbonyl (C=O) groups is 2. The van der Waals surface area contributed by atoms with Crippen LogP contribution in [0.15, 0.2) is 24.3 Å². The molecule has 0 aliphatic rings. The van der Waals surface area contributed by atoms with Crippen LogP contribution in [-0.2, 0) is 14.3 Å². The molecule has 3 N–H and O–H groups in total. The molecule has 0 radical (unpaired) electrons. The minimum absolute atomic E-state index is 0.0571. The van der Waals surface area contributed by atoms with Crippen LogP contribution in [0.4, 0.5) is 0 Å². The van der Waals surface area contributed by atoms with Crippen LogP contribution in [0, 0.1) is 0 Å². The van der Waals surface area contributed by atoms with Crippen molar-refractivity contribution in [2.75, 3.05) is 6.61 Å². The van der Waals surface area contributed by atoms with Crippen molar-refractivity contribution in [3.05, 3.63) is 24.3 Å². The number of esters is 1. The van der Waals surface area contributed by atoms with Gasteiger partial charge in [0.15, 0.2) is 0 Å². The number of nitrogens with one attached hydrogen (secondary N) is 1. The lowest BCUT2D eigenvalue weighted by atomic mass is 10.0. The molecule has 0 aromatic carbocycles. The van der Waals surface area contributed by atoms with Gasteiger partial charge < -0.3 is 20.3 Å². The van der Waals surface area contributed by atoms with Crippen LogP contribution in [0.1, 0.15) is 271 Å². The van der Waals surface area contributed by atoms with Crippen molar-refractivity contribution in [2.24, 2.45) is 0 Å². The quantitative estimate of drug-likeness (QED) is 0.0323. The lowest BCUT2D eigenvalue weighted by Crippen LogP contribution is -2.46. The number of rotatable bonds is 46. The number of ether oxygens (including phenoxy) is 1. The molecule has 58 heavy (non-hydrogen) atoms. The number of hydrogen-bond donors (Lipinski definition) is 3. The van der Waals surface area contributed by atoms with Gasteiger partial charge in [-0.2, -0.15) is 0 Å². The molecule has 3 atom stereocenters. The molecule has 0 rings (SSSR count). The highest BCUT2D eigenvalue weighted by Gasteiger charge is 2.24. The molecule has 0 spiro atoms. The molecular formula is C52H99NO5. The number of carbonyl (C=O) groups excluding carboxylic acids is 2. The summed E-state index contributed by atoms with van der Waals surface area (Å²) in [5.41, 5.74) is 0. The Hall–Kier alpha value is -1.66. The van der Waals surface area contributed by atoms with Crippen molar-refractivity contribution in [2.45, 2.75) is 289 Å². The van der Waals surface area contributed by atoms with Gasteiger partial charge in [0.05, 0.1) is 25.2 Å². The van der Waals surface area contributed by atoms with E-state index in [0.717, 1.165) is 64.2 Å². The van der Waals surface area contributed by atoms with Gasteiger partial charge in [-0.05, 0) is 70.6 Å². The number of amides is 1. The second-order valence-corrected chi connectivity index (χ2v) is 17.6. The van der Waals surface area contributed by atoms with Gasteiger partial charge in [-0.1, -0.05) is 212 Å². The van der Waals surface area contributed by atoms with Crippen LogP contribution in [0.3, 0.4) is 0 Å². The molecule has 0 fully saturated rings. The van der Waals surface area contributed by atoms with E-state index in [2.05, 4.69) is 50.4 Å². The summed E-state index contributed by atoms with van der Waals surface area (Å²) >= 11 is 0. The maximum absolute atomic E-state index is 13.2. The van der Waals surface area contributed by atoms with Crippen molar-refractivity contribution >= 4 is 11.9 Å². The topological polar surface area (TPSA) is 95.9 Å². The van der Waals surface area contributed by atoms with E-state index in [9.17, 15) is 19.8 Å². The van der Waals surface area contributed by atoms with E-state index in [1.165, 1.54) is 161 Å². The van der Waals surface area contributed by atoms with Gasteiger partial charge >= 0.3 is 5.97 Å². The van der Waals surface area contributed by atoms with Crippen LogP contribution < -0.4 is 5.32 Å². The van der Waals surface area contributed by atoms with Crippen LogP contribution in [-0.4, -0.2) is 46.9 Å². The first-order chi connectivity index (χ1) is 28.5. The third-order valence-electron chi connectivity index (χ3n) is 11.8. The molecule has 0 aliphatic heterocycles. The average molecular weight is 818 g/mol. The predicted octanol–water partition coefficient (Wildman–Crippen LogP) is 15.1. The first kappa shape index (κ1) is 56.3. The Morgan fingerprint density at radius 2 is 0.845 bits per heavy atom. The largest absolute Gasteiger partial charge is 0.462 e. The fourth-order valence-corrected chi connectivity index (χ4v) is 7.84. The fraction of sp³-hybridized carbons (Fsp3) is 0.885. The SMILES string of the molecule is CCCCCCCC/C=C\CCCC(CC(=O)NC(CO)C(O)CCCCCCCCCCCCCC)OC(=O)CCCCCCC/C=C/CCCCCCCCC. The van der Waals surface area contributed by atoms with Gasteiger partial charge in [0.2, 0.25) is 5.91 Å². The Labute approximate surface area is 361 Å². The molecule has 0 aliphatic carbocycles.